The van der Waals surface area contributed by atoms with Crippen molar-refractivity contribution in [2.24, 2.45) is 7.05 Å². The molecular weight excluding hydrogens is 254 g/mol. The molecule has 0 spiro atoms. The van der Waals surface area contributed by atoms with Crippen LogP contribution in [0.2, 0.25) is 0 Å². The number of hydrogen-bond donors (Lipinski definition) is 0. The van der Waals surface area contributed by atoms with Crippen LogP contribution in [0.4, 0.5) is 0 Å². The number of aromatic nitrogens is 2. The number of ether oxygens (including phenoxy) is 2. The van der Waals surface area contributed by atoms with Crippen LogP contribution in [-0.2, 0) is 13.5 Å². The summed E-state index contributed by atoms with van der Waals surface area (Å²) in [6.45, 7) is 3.12. The lowest BCUT2D eigenvalue weighted by Crippen LogP contribution is -2.15. The van der Waals surface area contributed by atoms with Gasteiger partial charge in [-0.3, -0.25) is 0 Å². The second kappa shape index (κ2) is 4.89. The quantitative estimate of drug-likeness (QED) is 0.838. The Morgan fingerprint density at radius 1 is 1.30 bits per heavy atom. The number of hydrogen-bond acceptors (Lipinski definition) is 4. The summed E-state index contributed by atoms with van der Waals surface area (Å²) in [6.07, 6.45) is 0.324. The van der Waals surface area contributed by atoms with Crippen molar-refractivity contribution < 1.29 is 9.47 Å². The van der Waals surface area contributed by atoms with Crippen molar-refractivity contribution in [1.82, 2.24) is 9.55 Å². The minimum atomic E-state index is 0.324. The molecule has 0 radical (unpaired) electrons. The molecule has 3 rings (SSSR count). The van der Waals surface area contributed by atoms with Crippen LogP contribution < -0.4 is 9.47 Å². The molecular formula is C15H15N3O2. The minimum absolute atomic E-state index is 0.324. The molecule has 102 valence electrons. The molecule has 0 atom stereocenters. The van der Waals surface area contributed by atoms with E-state index in [-0.39, 0.29) is 0 Å². The van der Waals surface area contributed by atoms with Gasteiger partial charge in [-0.1, -0.05) is 0 Å². The van der Waals surface area contributed by atoms with Crippen molar-refractivity contribution in [3.63, 3.8) is 0 Å². The van der Waals surface area contributed by atoms with Gasteiger partial charge < -0.3 is 14.0 Å². The number of benzene rings is 1. The molecule has 0 N–H and O–H groups in total. The molecule has 5 nitrogen and oxygen atoms in total. The van der Waals surface area contributed by atoms with Gasteiger partial charge in [0.25, 0.3) is 0 Å². The molecule has 0 saturated heterocycles. The van der Waals surface area contributed by atoms with Crippen LogP contribution in [0.5, 0.6) is 11.5 Å². The van der Waals surface area contributed by atoms with Crippen molar-refractivity contribution in [3.8, 4) is 29.0 Å². The summed E-state index contributed by atoms with van der Waals surface area (Å²) in [5.41, 5.74) is 2.79. The molecule has 0 fully saturated rings. The highest BCUT2D eigenvalue weighted by Crippen LogP contribution is 2.34. The zero-order valence-electron chi connectivity index (χ0n) is 11.5. The number of rotatable bonds is 2. The molecule has 0 bridgehead atoms. The third-order valence-electron chi connectivity index (χ3n) is 3.53. The zero-order valence-corrected chi connectivity index (χ0v) is 11.5. The summed E-state index contributed by atoms with van der Waals surface area (Å²) in [6, 6.07) is 7.95. The average molecular weight is 269 g/mol. The van der Waals surface area contributed by atoms with Gasteiger partial charge in [-0.25, -0.2) is 4.98 Å². The first-order valence-corrected chi connectivity index (χ1v) is 6.50. The molecule has 0 unspecified atom stereocenters. The molecule has 20 heavy (non-hydrogen) atoms. The summed E-state index contributed by atoms with van der Waals surface area (Å²) in [5, 5.41) is 8.84. The van der Waals surface area contributed by atoms with Gasteiger partial charge in [0.05, 0.1) is 18.2 Å². The fourth-order valence-corrected chi connectivity index (χ4v) is 2.32. The normalized spacial score (nSPS) is 13.1. The van der Waals surface area contributed by atoms with Crippen molar-refractivity contribution in [1.29, 1.82) is 5.26 Å². The SMILES string of the molecule is Cc1c(CC#N)nc(-c2ccc3c(c2)OCCO3)n1C. The van der Waals surface area contributed by atoms with E-state index in [0.29, 0.717) is 19.6 Å². The van der Waals surface area contributed by atoms with Crippen molar-refractivity contribution >= 4 is 0 Å². The van der Waals surface area contributed by atoms with Gasteiger partial charge in [0, 0.05) is 18.3 Å². The fourth-order valence-electron chi connectivity index (χ4n) is 2.32. The van der Waals surface area contributed by atoms with Gasteiger partial charge in [0.1, 0.15) is 19.0 Å². The Bertz CT molecular complexity index is 698. The van der Waals surface area contributed by atoms with E-state index in [1.165, 1.54) is 0 Å². The van der Waals surface area contributed by atoms with Gasteiger partial charge in [-0.05, 0) is 25.1 Å². The molecule has 1 aromatic carbocycles. The second-order valence-electron chi connectivity index (χ2n) is 4.72. The van der Waals surface area contributed by atoms with E-state index in [4.69, 9.17) is 14.7 Å². The van der Waals surface area contributed by atoms with E-state index >= 15 is 0 Å². The maximum Gasteiger partial charge on any atom is 0.162 e. The van der Waals surface area contributed by atoms with E-state index < -0.39 is 0 Å². The van der Waals surface area contributed by atoms with Gasteiger partial charge in [-0.15, -0.1) is 0 Å². The Balaban J connectivity index is 2.05. The van der Waals surface area contributed by atoms with Gasteiger partial charge in [0.15, 0.2) is 11.5 Å². The standard InChI is InChI=1S/C15H15N3O2/c1-10-12(5-6-16)17-15(18(10)2)11-3-4-13-14(9-11)20-8-7-19-13/h3-4,9H,5,7-8H2,1-2H3. The summed E-state index contributed by atoms with van der Waals surface area (Å²) in [5.74, 6) is 2.35. The number of imidazole rings is 1. The zero-order chi connectivity index (χ0) is 14.1. The summed E-state index contributed by atoms with van der Waals surface area (Å²) < 4.78 is 13.1. The Morgan fingerprint density at radius 2 is 2.05 bits per heavy atom. The highest BCUT2D eigenvalue weighted by molar-refractivity contribution is 5.62. The van der Waals surface area contributed by atoms with Crippen LogP contribution in [0.3, 0.4) is 0 Å². The lowest BCUT2D eigenvalue weighted by Gasteiger charge is -2.18. The van der Waals surface area contributed by atoms with E-state index in [1.54, 1.807) is 0 Å². The smallest absolute Gasteiger partial charge is 0.162 e. The van der Waals surface area contributed by atoms with E-state index in [0.717, 1.165) is 34.3 Å². The lowest BCUT2D eigenvalue weighted by atomic mass is 10.2. The van der Waals surface area contributed by atoms with Crippen molar-refractivity contribution in [2.45, 2.75) is 13.3 Å². The van der Waals surface area contributed by atoms with E-state index in [2.05, 4.69) is 11.1 Å². The molecule has 0 aliphatic carbocycles. The molecule has 2 heterocycles. The maximum atomic E-state index is 8.84. The topological polar surface area (TPSA) is 60.1 Å². The summed E-state index contributed by atoms with van der Waals surface area (Å²) in [4.78, 5) is 4.56. The van der Waals surface area contributed by atoms with Crippen LogP contribution in [0.15, 0.2) is 18.2 Å². The second-order valence-corrected chi connectivity index (χ2v) is 4.72. The van der Waals surface area contributed by atoms with Crippen LogP contribution in [0.25, 0.3) is 11.4 Å². The minimum Gasteiger partial charge on any atom is -0.486 e. The molecule has 1 aliphatic rings. The molecule has 0 amide bonds. The lowest BCUT2D eigenvalue weighted by molar-refractivity contribution is 0.171. The molecule has 2 aromatic rings. The van der Waals surface area contributed by atoms with E-state index in [1.807, 2.05) is 36.7 Å². The van der Waals surface area contributed by atoms with Gasteiger partial charge in [-0.2, -0.15) is 5.26 Å². The first-order chi connectivity index (χ1) is 9.70. The first kappa shape index (κ1) is 12.5. The Hall–Kier alpha value is -2.48. The third-order valence-corrected chi connectivity index (χ3v) is 3.53. The predicted octanol–water partition coefficient (Wildman–Crippen LogP) is 2.23. The van der Waals surface area contributed by atoms with Crippen molar-refractivity contribution in [2.75, 3.05) is 13.2 Å². The largest absolute Gasteiger partial charge is 0.486 e. The Morgan fingerprint density at radius 3 is 2.80 bits per heavy atom. The van der Waals surface area contributed by atoms with Crippen molar-refractivity contribution in [3.05, 3.63) is 29.6 Å². The van der Waals surface area contributed by atoms with Crippen LogP contribution in [0, 0.1) is 18.3 Å². The number of fused-ring (bicyclic) bond motifs is 1. The third kappa shape index (κ3) is 1.99. The summed E-state index contributed by atoms with van der Waals surface area (Å²) in [7, 11) is 1.95. The number of nitrogens with zero attached hydrogens (tertiary/aromatic N) is 3. The van der Waals surface area contributed by atoms with E-state index in [9.17, 15) is 0 Å². The molecule has 1 aliphatic heterocycles. The monoisotopic (exact) mass is 269 g/mol. The summed E-state index contributed by atoms with van der Waals surface area (Å²) >= 11 is 0. The Kier molecular flexibility index (Phi) is 3.07. The fraction of sp³-hybridized carbons (Fsp3) is 0.333. The van der Waals surface area contributed by atoms with Gasteiger partial charge >= 0.3 is 0 Å². The molecule has 1 aromatic heterocycles. The molecule has 0 saturated carbocycles. The molecule has 5 heteroatoms. The maximum absolute atomic E-state index is 8.84. The van der Waals surface area contributed by atoms with Crippen LogP contribution in [0.1, 0.15) is 11.4 Å². The van der Waals surface area contributed by atoms with Crippen LogP contribution >= 0.6 is 0 Å². The Labute approximate surface area is 117 Å². The van der Waals surface area contributed by atoms with Crippen LogP contribution in [-0.4, -0.2) is 22.8 Å². The average Bonchev–Trinajstić information content (AvgIpc) is 2.76. The highest BCUT2D eigenvalue weighted by atomic mass is 16.6. The van der Waals surface area contributed by atoms with Gasteiger partial charge in [0.2, 0.25) is 0 Å². The highest BCUT2D eigenvalue weighted by Gasteiger charge is 2.16. The predicted molar refractivity (Wildman–Crippen MR) is 73.7 cm³/mol. The number of nitriles is 1. The first-order valence-electron chi connectivity index (χ1n) is 6.50.